The predicted molar refractivity (Wildman–Crippen MR) is 65.4 cm³/mol. The lowest BCUT2D eigenvalue weighted by molar-refractivity contribution is -0.117. The SMILES string of the molecule is CCc1ccc(NC(=O)C2CCCN2)cc1F. The van der Waals surface area contributed by atoms with Crippen molar-refractivity contribution in [1.29, 1.82) is 0 Å². The van der Waals surface area contributed by atoms with Crippen molar-refractivity contribution < 1.29 is 9.18 Å². The number of benzene rings is 1. The topological polar surface area (TPSA) is 41.1 Å². The Kier molecular flexibility index (Phi) is 3.74. The van der Waals surface area contributed by atoms with Gasteiger partial charge in [0.1, 0.15) is 5.82 Å². The number of rotatable bonds is 3. The number of aryl methyl sites for hydroxylation is 1. The fourth-order valence-corrected chi connectivity index (χ4v) is 2.05. The second-order valence-electron chi connectivity index (χ2n) is 4.30. The van der Waals surface area contributed by atoms with Gasteiger partial charge in [-0.05, 0) is 43.5 Å². The summed E-state index contributed by atoms with van der Waals surface area (Å²) < 4.78 is 13.5. The van der Waals surface area contributed by atoms with E-state index in [-0.39, 0.29) is 17.8 Å². The molecule has 1 atom stereocenters. The third-order valence-corrected chi connectivity index (χ3v) is 3.08. The van der Waals surface area contributed by atoms with Crippen molar-refractivity contribution in [3.63, 3.8) is 0 Å². The van der Waals surface area contributed by atoms with Crippen LogP contribution >= 0.6 is 0 Å². The Morgan fingerprint density at radius 1 is 1.59 bits per heavy atom. The standard InChI is InChI=1S/C13H17FN2O/c1-2-9-5-6-10(8-11(9)14)16-13(17)12-4-3-7-15-12/h5-6,8,12,15H,2-4,7H2,1H3,(H,16,17). The lowest BCUT2D eigenvalue weighted by Gasteiger charge is -2.11. The third kappa shape index (κ3) is 2.82. The van der Waals surface area contributed by atoms with Crippen LogP contribution in [-0.4, -0.2) is 18.5 Å². The Hall–Kier alpha value is -1.42. The molecule has 2 N–H and O–H groups in total. The Bertz CT molecular complexity index is 414. The van der Waals surface area contributed by atoms with E-state index < -0.39 is 0 Å². The zero-order valence-corrected chi connectivity index (χ0v) is 9.92. The van der Waals surface area contributed by atoms with Crippen LogP contribution in [0.25, 0.3) is 0 Å². The monoisotopic (exact) mass is 236 g/mol. The van der Waals surface area contributed by atoms with Gasteiger partial charge in [-0.3, -0.25) is 4.79 Å². The fraction of sp³-hybridized carbons (Fsp3) is 0.462. The summed E-state index contributed by atoms with van der Waals surface area (Å²) in [6, 6.07) is 4.71. The van der Waals surface area contributed by atoms with Crippen LogP contribution in [-0.2, 0) is 11.2 Å². The van der Waals surface area contributed by atoms with Crippen molar-refractivity contribution >= 4 is 11.6 Å². The average Bonchev–Trinajstić information content (AvgIpc) is 2.82. The molecule has 4 heteroatoms. The molecule has 2 rings (SSSR count). The minimum absolute atomic E-state index is 0.0776. The smallest absolute Gasteiger partial charge is 0.241 e. The van der Waals surface area contributed by atoms with Gasteiger partial charge in [-0.1, -0.05) is 13.0 Å². The van der Waals surface area contributed by atoms with Gasteiger partial charge in [0.2, 0.25) is 5.91 Å². The highest BCUT2D eigenvalue weighted by Gasteiger charge is 2.21. The number of amides is 1. The molecule has 0 radical (unpaired) electrons. The summed E-state index contributed by atoms with van der Waals surface area (Å²) in [5.41, 5.74) is 1.19. The van der Waals surface area contributed by atoms with Gasteiger partial charge in [-0.25, -0.2) is 4.39 Å². The lowest BCUT2D eigenvalue weighted by Crippen LogP contribution is -2.35. The van der Waals surface area contributed by atoms with E-state index in [0.29, 0.717) is 17.7 Å². The Labute approximate surface area is 100 Å². The van der Waals surface area contributed by atoms with Crippen LogP contribution in [0.3, 0.4) is 0 Å². The Morgan fingerprint density at radius 2 is 2.41 bits per heavy atom. The highest BCUT2D eigenvalue weighted by molar-refractivity contribution is 5.95. The van der Waals surface area contributed by atoms with Gasteiger partial charge in [0.05, 0.1) is 6.04 Å². The van der Waals surface area contributed by atoms with E-state index in [9.17, 15) is 9.18 Å². The van der Waals surface area contributed by atoms with E-state index in [1.54, 1.807) is 12.1 Å². The van der Waals surface area contributed by atoms with Crippen molar-refractivity contribution in [3.8, 4) is 0 Å². The van der Waals surface area contributed by atoms with Gasteiger partial charge < -0.3 is 10.6 Å². The summed E-state index contributed by atoms with van der Waals surface area (Å²) in [4.78, 5) is 11.8. The Balaban J connectivity index is 2.03. The van der Waals surface area contributed by atoms with Crippen LogP contribution in [0, 0.1) is 5.82 Å². The molecule has 1 aliphatic rings. The van der Waals surface area contributed by atoms with E-state index >= 15 is 0 Å². The fourth-order valence-electron chi connectivity index (χ4n) is 2.05. The van der Waals surface area contributed by atoms with Crippen LogP contribution in [0.4, 0.5) is 10.1 Å². The molecule has 1 aromatic carbocycles. The molecule has 17 heavy (non-hydrogen) atoms. The van der Waals surface area contributed by atoms with Gasteiger partial charge in [-0.15, -0.1) is 0 Å². The molecule has 1 fully saturated rings. The first-order valence-corrected chi connectivity index (χ1v) is 6.03. The predicted octanol–water partition coefficient (Wildman–Crippen LogP) is 2.08. The quantitative estimate of drug-likeness (QED) is 0.843. The summed E-state index contributed by atoms with van der Waals surface area (Å²) in [7, 11) is 0. The van der Waals surface area contributed by atoms with Gasteiger partial charge in [0.25, 0.3) is 0 Å². The van der Waals surface area contributed by atoms with Crippen LogP contribution in [0.2, 0.25) is 0 Å². The zero-order valence-electron chi connectivity index (χ0n) is 9.92. The second-order valence-corrected chi connectivity index (χ2v) is 4.30. The maximum Gasteiger partial charge on any atom is 0.241 e. The summed E-state index contributed by atoms with van der Waals surface area (Å²) in [6.07, 6.45) is 2.52. The first-order valence-electron chi connectivity index (χ1n) is 6.03. The number of hydrogen-bond donors (Lipinski definition) is 2. The minimum Gasteiger partial charge on any atom is -0.325 e. The number of hydrogen-bond acceptors (Lipinski definition) is 2. The molecule has 1 aliphatic heterocycles. The van der Waals surface area contributed by atoms with E-state index in [1.165, 1.54) is 6.07 Å². The normalized spacial score (nSPS) is 19.3. The molecule has 0 bridgehead atoms. The molecular weight excluding hydrogens is 219 g/mol. The van der Waals surface area contributed by atoms with E-state index in [0.717, 1.165) is 19.4 Å². The van der Waals surface area contributed by atoms with Crippen LogP contribution in [0.5, 0.6) is 0 Å². The molecule has 0 aromatic heterocycles. The molecule has 1 heterocycles. The average molecular weight is 236 g/mol. The van der Waals surface area contributed by atoms with Crippen molar-refractivity contribution in [3.05, 3.63) is 29.6 Å². The van der Waals surface area contributed by atoms with E-state index in [4.69, 9.17) is 0 Å². The van der Waals surface area contributed by atoms with Gasteiger partial charge >= 0.3 is 0 Å². The van der Waals surface area contributed by atoms with Gasteiger partial charge in [-0.2, -0.15) is 0 Å². The number of nitrogens with one attached hydrogen (secondary N) is 2. The number of anilines is 1. The molecule has 1 saturated heterocycles. The van der Waals surface area contributed by atoms with Crippen molar-refractivity contribution in [2.75, 3.05) is 11.9 Å². The van der Waals surface area contributed by atoms with Crippen LogP contribution in [0.15, 0.2) is 18.2 Å². The second kappa shape index (κ2) is 5.27. The summed E-state index contributed by atoms with van der Waals surface area (Å²) in [5.74, 6) is -0.337. The molecule has 1 unspecified atom stereocenters. The van der Waals surface area contributed by atoms with Gasteiger partial charge in [0.15, 0.2) is 0 Å². The number of halogens is 1. The first kappa shape index (κ1) is 12.0. The number of carbonyl (C=O) groups is 1. The highest BCUT2D eigenvalue weighted by atomic mass is 19.1. The summed E-state index contributed by atoms with van der Waals surface area (Å²) in [6.45, 7) is 2.78. The third-order valence-electron chi connectivity index (χ3n) is 3.08. The van der Waals surface area contributed by atoms with Crippen molar-refractivity contribution in [2.45, 2.75) is 32.2 Å². The molecule has 0 aliphatic carbocycles. The molecule has 0 spiro atoms. The van der Waals surface area contributed by atoms with Gasteiger partial charge in [0, 0.05) is 5.69 Å². The van der Waals surface area contributed by atoms with E-state index in [1.807, 2.05) is 6.92 Å². The largest absolute Gasteiger partial charge is 0.325 e. The molecule has 0 saturated carbocycles. The summed E-state index contributed by atoms with van der Waals surface area (Å²) in [5, 5.41) is 5.84. The molecule has 92 valence electrons. The maximum atomic E-state index is 13.5. The maximum absolute atomic E-state index is 13.5. The van der Waals surface area contributed by atoms with Crippen molar-refractivity contribution in [1.82, 2.24) is 5.32 Å². The van der Waals surface area contributed by atoms with Crippen LogP contribution < -0.4 is 10.6 Å². The van der Waals surface area contributed by atoms with E-state index in [2.05, 4.69) is 10.6 Å². The minimum atomic E-state index is -0.260. The molecular formula is C13H17FN2O. The first-order chi connectivity index (χ1) is 8.20. The lowest BCUT2D eigenvalue weighted by atomic mass is 10.1. The molecule has 3 nitrogen and oxygen atoms in total. The molecule has 1 amide bonds. The highest BCUT2D eigenvalue weighted by Crippen LogP contribution is 2.16. The zero-order chi connectivity index (χ0) is 12.3. The summed E-state index contributed by atoms with van der Waals surface area (Å²) >= 11 is 0. The molecule has 1 aromatic rings. The van der Waals surface area contributed by atoms with Crippen LogP contribution in [0.1, 0.15) is 25.3 Å². The van der Waals surface area contributed by atoms with Crippen molar-refractivity contribution in [2.24, 2.45) is 0 Å². The Morgan fingerprint density at radius 3 is 3.00 bits per heavy atom. The number of carbonyl (C=O) groups excluding carboxylic acids is 1.